The van der Waals surface area contributed by atoms with E-state index in [1.807, 2.05) is 53.6 Å². The molecule has 0 saturated carbocycles. The monoisotopic (exact) mass is 2470 g/mol. The SMILES string of the molecule is C.C.COC(=O)c1cn2c(C3CCOCC3)ncc2c(OC)n1.COC1=NC(C)=CNC1CNC(=O)C1CCOCC1.COC1=NC(I)=CNC1CNC(=O)C1CCOCC1.COC1=NC(N)=CNC1CNC(=O)C1CCOCC1.COc1nc(C)cnc1CN.COc1nc(CO)cn2c(C3CCOCC3)ncc12.COc1nc(I)cn2c(C3CCOCC3)ncc12.O=C(Cl)C1CCOCC1.O=P(Cl)(Cl)Cl.O=S(Cl)Cl.[B].[H-].[Na+]. The van der Waals surface area contributed by atoms with E-state index in [1.165, 1.54) is 21.3 Å². The van der Waals surface area contributed by atoms with Gasteiger partial charge in [0, 0.05) is 233 Å². The Kier molecular flexibility index (Phi) is 64.5. The standard InChI is InChI=1S/C14H17N3O4.C13H17N3O3.C13H21N3O3.C12H18IN3O3.C12H14IN3O2.C12H20N4O3.C7H11N3O.C6H9ClO2.2CH4.B.Cl3OP.Cl2OS.Na.H/c1-19-13-11-7-15-12(9-3-5-21-6-4-9)17(11)8-10(16-13)14(18)20-2;1-18-13-11-6-14-12(9-2-4-19-5-3-9)16(11)7-10(8-17)15-13;1-9-7-14-11(13(16-9)18-2)8-15-12(17)10-3-5-19-6-4-10;1-18-12-9(14-7-10(13)16-12)6-15-11(17)8-2-4-19-5-3-8;1-17-12-9-6-14-11(8-2-4-18-5-3-8)16(9)7-10(13)15-12;1-18-12-9(14-7-10(13)16-12)6-15-11(17)8-2-4-19-5-3-8;1-5-4-9-6(3-8)7(10-5)11-2;7-6(8)5-1-3-9-4-2-5;;;;1-5(2,3)4;1-4(2)3;;/h7-9H,3-6H2,1-2H3;6-7,9,17H,2-5,8H2,1H3;7,10-11,14H,3-6,8H2,1-2H3,(H,15,17);7-9,14H,2-6H2,1H3,(H,15,17);6-8H,2-5H2,1H3;7-9,14H,2-6,13H2,1H3,(H,15,17);4H,3,8H2,1-2H3;5H,1-4H2;2*1H4;;;;;/q;;;;;;;;;;;;;+1;-1. The van der Waals surface area contributed by atoms with Gasteiger partial charge in [-0.3, -0.25) is 41.9 Å². The molecule has 148 heavy (non-hydrogen) atoms. The molecule has 17 heterocycles. The molecule has 11 N–H and O–H groups in total. The normalized spacial score (nSPS) is 18.5. The van der Waals surface area contributed by atoms with Gasteiger partial charge >= 0.3 is 40.7 Å². The fourth-order valence-electron chi connectivity index (χ4n) is 15.6. The Morgan fingerprint density at radius 3 is 1.19 bits per heavy atom. The van der Waals surface area contributed by atoms with E-state index in [4.69, 9.17) is 98.3 Å². The Bertz CT molecular complexity index is 5340. The molecular weight excluding hydrogens is 2330 g/mol. The largest absolute Gasteiger partial charge is 1.00 e. The summed E-state index contributed by atoms with van der Waals surface area (Å²) in [6.07, 6.45) is 29.9. The summed E-state index contributed by atoms with van der Waals surface area (Å²) < 4.78 is 104. The van der Waals surface area contributed by atoms with E-state index in [-0.39, 0.29) is 131 Å². The maximum atomic E-state index is 12.0. The Morgan fingerprint density at radius 1 is 0.493 bits per heavy atom. The van der Waals surface area contributed by atoms with Gasteiger partial charge in [0.2, 0.25) is 73.4 Å². The number of esters is 1. The van der Waals surface area contributed by atoms with Gasteiger partial charge in [0.1, 0.15) is 71.1 Å². The van der Waals surface area contributed by atoms with Crippen molar-refractivity contribution in [1.29, 1.82) is 0 Å². The number of fused-ring (bicyclic) bond motifs is 3. The number of imidazole rings is 3. The molecule has 45 nitrogen and oxygen atoms in total. The van der Waals surface area contributed by atoms with E-state index in [2.05, 4.69) is 191 Å². The predicted octanol–water partition coefficient (Wildman–Crippen LogP) is 8.56. The van der Waals surface area contributed by atoms with Crippen LogP contribution in [0.5, 0.6) is 23.5 Å². The van der Waals surface area contributed by atoms with Gasteiger partial charge in [-0.1, -0.05) is 14.9 Å². The number of hydrogen-bond acceptors (Lipinski definition) is 39. The molecule has 3 amide bonds. The zero-order valence-electron chi connectivity index (χ0n) is 84.2. The number of carbonyl (C=O) groups is 5. The van der Waals surface area contributed by atoms with Crippen LogP contribution in [0, 0.1) is 34.3 Å². The first-order chi connectivity index (χ1) is 69.3. The molecule has 0 aromatic carbocycles. The summed E-state index contributed by atoms with van der Waals surface area (Å²) in [6, 6.07) is -0.383. The molecule has 0 bridgehead atoms. The van der Waals surface area contributed by atoms with Crippen LogP contribution in [0.2, 0.25) is 0 Å². The molecule has 3 atom stereocenters. The predicted molar refractivity (Wildman–Crippen MR) is 580 cm³/mol. The Morgan fingerprint density at radius 2 is 0.831 bits per heavy atom. The van der Waals surface area contributed by atoms with Gasteiger partial charge < -0.3 is 121 Å². The van der Waals surface area contributed by atoms with Crippen LogP contribution in [0.1, 0.15) is 176 Å². The fourth-order valence-corrected chi connectivity index (χ4v) is 16.8. The van der Waals surface area contributed by atoms with Crippen LogP contribution in [0.4, 0.5) is 0 Å². The summed E-state index contributed by atoms with van der Waals surface area (Å²) in [7, 11) is 19.7. The van der Waals surface area contributed by atoms with Crippen LogP contribution in [-0.2, 0) is 98.2 Å². The van der Waals surface area contributed by atoms with Crippen LogP contribution in [0.15, 0.2) is 92.2 Å². The van der Waals surface area contributed by atoms with Crippen molar-refractivity contribution < 1.29 is 140 Å². The van der Waals surface area contributed by atoms with Crippen LogP contribution < -0.4 is 91.9 Å². The number of nitrogens with zero attached hydrogens (tertiary/aromatic N) is 14. The molecule has 7 fully saturated rings. The molecule has 7 aromatic rings. The number of aliphatic hydroxyl groups is 1. The summed E-state index contributed by atoms with van der Waals surface area (Å²) in [6.45, 7) is 15.4. The summed E-state index contributed by atoms with van der Waals surface area (Å²) in [5, 5.41) is 24.1. The van der Waals surface area contributed by atoms with E-state index < -0.39 is 20.4 Å². The number of nitrogens with two attached hydrogens (primary N) is 2. The summed E-state index contributed by atoms with van der Waals surface area (Å²) in [5.74, 6) is 8.16. The second-order valence-corrected chi connectivity index (χ2v) is 44.4. The maximum absolute atomic E-state index is 12.0. The molecule has 10 aliphatic heterocycles. The van der Waals surface area contributed by atoms with Crippen molar-refractivity contribution in [2.45, 2.75) is 168 Å². The molecule has 10 aliphatic rings. The third-order valence-electron chi connectivity index (χ3n) is 23.1. The molecule has 57 heteroatoms. The molecule has 7 aromatic heterocycles. The number of ether oxygens (including phenoxy) is 15. The molecule has 3 radical (unpaired) electrons. The van der Waals surface area contributed by atoms with E-state index in [9.17, 15) is 33.6 Å². The average Bonchev–Trinajstić information content (AvgIpc) is 1.64. The van der Waals surface area contributed by atoms with Gasteiger partial charge in [-0.2, -0.15) is 4.99 Å². The summed E-state index contributed by atoms with van der Waals surface area (Å²) in [5.41, 5.74) is 16.6. The minimum Gasteiger partial charge on any atom is -1.00 e. The Labute approximate surface area is 945 Å². The number of aliphatic imine (C=N–C) groups is 3. The van der Waals surface area contributed by atoms with Gasteiger partial charge in [0.05, 0.1) is 99.2 Å². The smallest absolute Gasteiger partial charge is 1.00 e. The fraction of sp³-hybridized carbons (Fsp3) is 0.604. The number of carbonyl (C=O) groups excluding carboxylic acids is 5. The molecule has 3 unspecified atom stereocenters. The maximum Gasteiger partial charge on any atom is 1.00 e. The number of hydrogen-bond donors (Lipinski definition) is 9. The second kappa shape index (κ2) is 71.7. The number of rotatable bonds is 20. The number of amides is 3. The van der Waals surface area contributed by atoms with E-state index >= 15 is 0 Å². The molecule has 7 saturated heterocycles. The van der Waals surface area contributed by atoms with Crippen molar-refractivity contribution >= 4 is 198 Å². The van der Waals surface area contributed by atoms with Crippen LogP contribution >= 0.6 is 117 Å². The Hall–Kier alpha value is -7.20. The van der Waals surface area contributed by atoms with Crippen molar-refractivity contribution in [2.24, 2.45) is 50.1 Å². The van der Waals surface area contributed by atoms with Gasteiger partial charge in [-0.15, -0.1) is 0 Å². The topological polar surface area (TPSA) is 556 Å². The van der Waals surface area contributed by atoms with Gasteiger partial charge in [0.25, 0.3) is 0 Å². The van der Waals surface area contributed by atoms with Gasteiger partial charge in [-0.25, -0.2) is 53.9 Å². The third kappa shape index (κ3) is 44.7. The van der Waals surface area contributed by atoms with Crippen LogP contribution in [0.25, 0.3) is 16.6 Å². The van der Waals surface area contributed by atoms with Gasteiger partial charge in [0.15, 0.2) is 5.69 Å². The van der Waals surface area contributed by atoms with Crippen molar-refractivity contribution in [3.05, 3.63) is 121 Å². The summed E-state index contributed by atoms with van der Waals surface area (Å²) >= 11 is 23.4. The van der Waals surface area contributed by atoms with Crippen molar-refractivity contribution in [1.82, 2.24) is 85.0 Å². The molecule has 0 aliphatic carbocycles. The average molecular weight is 2470 g/mol. The number of allylic oxidation sites excluding steroid dienone is 1. The van der Waals surface area contributed by atoms with E-state index in [1.54, 1.807) is 66.5 Å². The first kappa shape index (κ1) is 133. The van der Waals surface area contributed by atoms with Crippen LogP contribution in [-0.4, -0.2) is 305 Å². The van der Waals surface area contributed by atoms with Crippen LogP contribution in [0.3, 0.4) is 0 Å². The number of aliphatic hydroxyl groups excluding tert-OH is 1. The van der Waals surface area contributed by atoms with Crippen molar-refractivity contribution in [3.63, 3.8) is 0 Å². The minimum absolute atomic E-state index is 0. The number of methoxy groups -OCH3 is 8. The quantitative estimate of drug-likeness (QED) is 0.00861. The first-order valence-electron chi connectivity index (χ1n) is 46.1. The van der Waals surface area contributed by atoms with Crippen molar-refractivity contribution in [2.75, 3.05) is 169 Å². The number of aryl methyl sites for hydroxylation is 1. The van der Waals surface area contributed by atoms with E-state index in [0.717, 1.165) is 182 Å². The third-order valence-corrected chi connectivity index (χ3v) is 24.5. The van der Waals surface area contributed by atoms with Gasteiger partial charge in [-0.05, 0) is 194 Å². The molecule has 17 rings (SSSR count). The zero-order valence-corrected chi connectivity index (χ0v) is 95.7. The second-order valence-electron chi connectivity index (χ2n) is 32.7. The minimum atomic E-state index is -3.22. The summed E-state index contributed by atoms with van der Waals surface area (Å²) in [4.78, 5) is 105. The Balaban J connectivity index is 0.000000433. The molecular formula is C91H136BCl6I2N22NaO23PS. The number of nitrogens with one attached hydrogen (secondary N) is 6. The van der Waals surface area contributed by atoms with E-state index in [0.29, 0.717) is 155 Å². The molecule has 0 spiro atoms. The zero-order chi connectivity index (χ0) is 105. The number of aromatic nitrogens is 11. The molecule has 819 valence electrons. The number of halogens is 8. The first-order valence-corrected chi connectivity index (χ1v) is 55.9. The van der Waals surface area contributed by atoms with Crippen molar-refractivity contribution in [3.8, 4) is 23.5 Å².